The van der Waals surface area contributed by atoms with E-state index in [0.29, 0.717) is 12.5 Å². The molecule has 1 aromatic carbocycles. The molecule has 0 bridgehead atoms. The smallest absolute Gasteiger partial charge is 0.221 e. The maximum atomic E-state index is 11.8. The summed E-state index contributed by atoms with van der Waals surface area (Å²) >= 11 is 1.92. The van der Waals surface area contributed by atoms with Crippen molar-refractivity contribution in [1.29, 1.82) is 0 Å². The molecule has 1 heterocycles. The van der Waals surface area contributed by atoms with Crippen LogP contribution < -0.4 is 10.6 Å². The molecule has 5 heteroatoms. The summed E-state index contributed by atoms with van der Waals surface area (Å²) in [6, 6.07) is 10.7. The highest BCUT2D eigenvalue weighted by Gasteiger charge is 2.16. The molecule has 1 aliphatic heterocycles. The second-order valence-corrected chi connectivity index (χ2v) is 6.98. The molecule has 23 heavy (non-hydrogen) atoms. The third-order valence-corrected chi connectivity index (χ3v) is 4.98. The molecular formula is C18H28N2O2S. The van der Waals surface area contributed by atoms with E-state index in [1.165, 1.54) is 5.56 Å². The zero-order valence-corrected chi connectivity index (χ0v) is 14.6. The highest BCUT2D eigenvalue weighted by molar-refractivity contribution is 7.99. The molecule has 2 rings (SSSR count). The molecule has 0 spiro atoms. The average molecular weight is 337 g/mol. The SMILES string of the molecule is O=C(CC1CSCCN1)NCCCCOCCc1ccccc1. The lowest BCUT2D eigenvalue weighted by atomic mass is 10.2. The number of nitrogens with one attached hydrogen (secondary N) is 2. The predicted molar refractivity (Wildman–Crippen MR) is 96.9 cm³/mol. The van der Waals surface area contributed by atoms with Gasteiger partial charge in [-0.05, 0) is 24.8 Å². The van der Waals surface area contributed by atoms with E-state index in [4.69, 9.17) is 4.74 Å². The molecule has 1 atom stereocenters. The summed E-state index contributed by atoms with van der Waals surface area (Å²) in [5, 5.41) is 6.39. The molecule has 128 valence electrons. The number of benzene rings is 1. The van der Waals surface area contributed by atoms with Crippen LogP contribution >= 0.6 is 11.8 Å². The Hall–Kier alpha value is -1.04. The van der Waals surface area contributed by atoms with Gasteiger partial charge in [-0.25, -0.2) is 0 Å². The van der Waals surface area contributed by atoms with Crippen LogP contribution in [0.1, 0.15) is 24.8 Å². The first kappa shape index (κ1) is 18.3. The molecule has 1 aromatic rings. The number of rotatable bonds is 10. The number of hydrogen-bond donors (Lipinski definition) is 2. The van der Waals surface area contributed by atoms with Crippen molar-refractivity contribution in [3.8, 4) is 0 Å². The zero-order chi connectivity index (χ0) is 16.2. The van der Waals surface area contributed by atoms with Crippen LogP contribution in [0.4, 0.5) is 0 Å². The first-order valence-electron chi connectivity index (χ1n) is 8.54. The van der Waals surface area contributed by atoms with Gasteiger partial charge in [-0.3, -0.25) is 4.79 Å². The van der Waals surface area contributed by atoms with Gasteiger partial charge in [0.15, 0.2) is 0 Å². The van der Waals surface area contributed by atoms with Crippen molar-refractivity contribution in [2.24, 2.45) is 0 Å². The standard InChI is InChI=1S/C18H28N2O2S/c21-18(14-17-15-23-13-10-19-17)20-9-4-5-11-22-12-8-16-6-2-1-3-7-16/h1-3,6-7,17,19H,4-5,8-15H2,(H,20,21). The van der Waals surface area contributed by atoms with Crippen molar-refractivity contribution in [1.82, 2.24) is 10.6 Å². The number of carbonyl (C=O) groups is 1. The van der Waals surface area contributed by atoms with Gasteiger partial charge in [0.2, 0.25) is 5.91 Å². The van der Waals surface area contributed by atoms with Crippen LogP contribution in [0.3, 0.4) is 0 Å². The molecule has 4 nitrogen and oxygen atoms in total. The van der Waals surface area contributed by atoms with Gasteiger partial charge in [0.25, 0.3) is 0 Å². The van der Waals surface area contributed by atoms with E-state index in [-0.39, 0.29) is 5.91 Å². The van der Waals surface area contributed by atoms with Gasteiger partial charge in [-0.15, -0.1) is 0 Å². The summed E-state index contributed by atoms with van der Waals surface area (Å²) in [4.78, 5) is 11.8. The Morgan fingerprint density at radius 2 is 2.13 bits per heavy atom. The van der Waals surface area contributed by atoms with Crippen LogP contribution in [0.15, 0.2) is 30.3 Å². The minimum atomic E-state index is 0.162. The number of hydrogen-bond acceptors (Lipinski definition) is 4. The van der Waals surface area contributed by atoms with Crippen LogP contribution in [0.25, 0.3) is 0 Å². The molecule has 0 radical (unpaired) electrons. The average Bonchev–Trinajstić information content (AvgIpc) is 2.59. The molecule has 1 amide bonds. The van der Waals surface area contributed by atoms with E-state index in [9.17, 15) is 4.79 Å². The number of thioether (sulfide) groups is 1. The van der Waals surface area contributed by atoms with Gasteiger partial charge < -0.3 is 15.4 Å². The fourth-order valence-corrected chi connectivity index (χ4v) is 3.49. The lowest BCUT2D eigenvalue weighted by Crippen LogP contribution is -2.41. The molecule has 0 aliphatic carbocycles. The van der Waals surface area contributed by atoms with Crippen molar-refractivity contribution in [3.05, 3.63) is 35.9 Å². The fraction of sp³-hybridized carbons (Fsp3) is 0.611. The Morgan fingerprint density at radius 3 is 2.91 bits per heavy atom. The van der Waals surface area contributed by atoms with E-state index >= 15 is 0 Å². The summed E-state index contributed by atoms with van der Waals surface area (Å²) in [7, 11) is 0. The Bertz CT molecular complexity index is 436. The van der Waals surface area contributed by atoms with Gasteiger partial charge >= 0.3 is 0 Å². The predicted octanol–water partition coefficient (Wildman–Crippen LogP) is 2.24. The van der Waals surface area contributed by atoms with E-state index in [1.807, 2.05) is 17.8 Å². The normalized spacial score (nSPS) is 17.8. The van der Waals surface area contributed by atoms with Crippen molar-refractivity contribution in [3.63, 3.8) is 0 Å². The molecule has 2 N–H and O–H groups in total. The van der Waals surface area contributed by atoms with Crippen molar-refractivity contribution in [2.45, 2.75) is 31.7 Å². The van der Waals surface area contributed by atoms with E-state index in [0.717, 1.165) is 57.1 Å². The summed E-state index contributed by atoms with van der Waals surface area (Å²) < 4.78 is 5.64. The van der Waals surface area contributed by atoms with Crippen molar-refractivity contribution >= 4 is 17.7 Å². The molecular weight excluding hydrogens is 308 g/mol. The minimum Gasteiger partial charge on any atom is -0.381 e. The molecule has 1 unspecified atom stereocenters. The van der Waals surface area contributed by atoms with Crippen LogP contribution in [-0.4, -0.2) is 49.8 Å². The number of carbonyl (C=O) groups excluding carboxylic acids is 1. The molecule has 0 saturated carbocycles. The highest BCUT2D eigenvalue weighted by Crippen LogP contribution is 2.09. The second-order valence-electron chi connectivity index (χ2n) is 5.84. The Balaban J connectivity index is 1.39. The topological polar surface area (TPSA) is 50.4 Å². The Morgan fingerprint density at radius 1 is 1.26 bits per heavy atom. The van der Waals surface area contributed by atoms with E-state index in [1.54, 1.807) is 0 Å². The molecule has 1 aliphatic rings. The molecule has 0 aromatic heterocycles. The summed E-state index contributed by atoms with van der Waals surface area (Å²) in [5.41, 5.74) is 1.31. The first-order chi connectivity index (χ1) is 11.3. The maximum Gasteiger partial charge on any atom is 0.221 e. The van der Waals surface area contributed by atoms with Gasteiger partial charge in [0.1, 0.15) is 0 Å². The van der Waals surface area contributed by atoms with Crippen LogP contribution in [0.2, 0.25) is 0 Å². The summed E-state index contributed by atoms with van der Waals surface area (Å²) in [6.45, 7) is 3.30. The van der Waals surface area contributed by atoms with Gasteiger partial charge in [0, 0.05) is 43.7 Å². The number of amides is 1. The molecule has 1 fully saturated rings. The third kappa shape index (κ3) is 8.39. The summed E-state index contributed by atoms with van der Waals surface area (Å²) in [6.07, 6.45) is 3.53. The first-order valence-corrected chi connectivity index (χ1v) is 9.69. The lowest BCUT2D eigenvalue weighted by molar-refractivity contribution is -0.121. The van der Waals surface area contributed by atoms with Crippen LogP contribution in [0.5, 0.6) is 0 Å². The fourth-order valence-electron chi connectivity index (χ4n) is 2.54. The quantitative estimate of drug-likeness (QED) is 0.644. The monoisotopic (exact) mass is 336 g/mol. The number of unbranched alkanes of at least 4 members (excludes halogenated alkanes) is 1. The maximum absolute atomic E-state index is 11.8. The number of ether oxygens (including phenoxy) is 1. The molecule has 1 saturated heterocycles. The zero-order valence-electron chi connectivity index (χ0n) is 13.8. The van der Waals surface area contributed by atoms with Crippen LogP contribution in [0, 0.1) is 0 Å². The van der Waals surface area contributed by atoms with E-state index < -0.39 is 0 Å². The third-order valence-electron chi connectivity index (χ3n) is 3.85. The van der Waals surface area contributed by atoms with Crippen LogP contribution in [-0.2, 0) is 16.0 Å². The van der Waals surface area contributed by atoms with Gasteiger partial charge in [-0.1, -0.05) is 30.3 Å². The van der Waals surface area contributed by atoms with Crippen molar-refractivity contribution < 1.29 is 9.53 Å². The minimum absolute atomic E-state index is 0.162. The van der Waals surface area contributed by atoms with Gasteiger partial charge in [0.05, 0.1) is 6.61 Å². The van der Waals surface area contributed by atoms with E-state index in [2.05, 4.69) is 34.9 Å². The summed E-state index contributed by atoms with van der Waals surface area (Å²) in [5.74, 6) is 2.36. The van der Waals surface area contributed by atoms with Crippen molar-refractivity contribution in [2.75, 3.05) is 37.8 Å². The Labute approximate surface area is 143 Å². The highest BCUT2D eigenvalue weighted by atomic mass is 32.2. The largest absolute Gasteiger partial charge is 0.381 e. The lowest BCUT2D eigenvalue weighted by Gasteiger charge is -2.22. The second kappa shape index (κ2) is 11.5. The van der Waals surface area contributed by atoms with Gasteiger partial charge in [-0.2, -0.15) is 11.8 Å². The Kier molecular flexibility index (Phi) is 9.14.